The molecule has 7 heteroatoms. The summed E-state index contributed by atoms with van der Waals surface area (Å²) in [5.74, 6) is -0.296. The molecule has 1 fully saturated rings. The van der Waals surface area contributed by atoms with Crippen LogP contribution in [-0.4, -0.2) is 44.8 Å². The van der Waals surface area contributed by atoms with Gasteiger partial charge in [-0.05, 0) is 19.4 Å². The van der Waals surface area contributed by atoms with E-state index in [1.54, 1.807) is 6.20 Å². The molecule has 0 atom stereocenters. The first-order chi connectivity index (χ1) is 9.20. The van der Waals surface area contributed by atoms with E-state index in [4.69, 9.17) is 0 Å². The van der Waals surface area contributed by atoms with E-state index in [0.717, 1.165) is 25.1 Å². The quantitative estimate of drug-likeness (QED) is 0.728. The third-order valence-corrected chi connectivity index (χ3v) is 2.99. The van der Waals surface area contributed by atoms with Gasteiger partial charge in [0.25, 0.3) is 5.91 Å². The molecule has 1 aliphatic heterocycles. The van der Waals surface area contributed by atoms with Gasteiger partial charge in [-0.1, -0.05) is 12.1 Å². The minimum atomic E-state index is -0.208. The summed E-state index contributed by atoms with van der Waals surface area (Å²) in [5.41, 5.74) is 0.800. The van der Waals surface area contributed by atoms with Crippen LogP contribution in [0.1, 0.15) is 31.9 Å². The van der Waals surface area contributed by atoms with Crippen molar-refractivity contribution in [3.63, 3.8) is 0 Å². The molecule has 19 heavy (non-hydrogen) atoms. The van der Waals surface area contributed by atoms with Gasteiger partial charge >= 0.3 is 0 Å². The Hall–Kier alpha value is -1.76. The van der Waals surface area contributed by atoms with Gasteiger partial charge in [0.15, 0.2) is 0 Å². The maximum absolute atomic E-state index is 11.9. The van der Waals surface area contributed by atoms with Crippen molar-refractivity contribution in [3.05, 3.63) is 11.9 Å². The predicted molar refractivity (Wildman–Crippen MR) is 68.0 cm³/mol. The van der Waals surface area contributed by atoms with E-state index in [1.807, 2.05) is 0 Å². The number of carbonyl (C=O) groups is 2. The third kappa shape index (κ3) is 3.60. The van der Waals surface area contributed by atoms with Gasteiger partial charge in [-0.15, -0.1) is 5.10 Å². The standard InChI is InChI=1S/C12H19N5O2/c1-2-5-13-7-10-8-16(15-14-10)9-12(19)17-6-3-4-11(17)18/h8,13H,2-7,9H2,1H3. The highest BCUT2D eigenvalue weighted by atomic mass is 16.2. The van der Waals surface area contributed by atoms with E-state index in [0.29, 0.717) is 19.5 Å². The number of rotatable bonds is 6. The molecule has 0 aliphatic carbocycles. The highest BCUT2D eigenvalue weighted by Crippen LogP contribution is 2.10. The molecule has 0 bridgehead atoms. The molecular formula is C12H19N5O2. The Morgan fingerprint density at radius 2 is 2.37 bits per heavy atom. The molecule has 0 saturated carbocycles. The first-order valence-electron chi connectivity index (χ1n) is 6.63. The first kappa shape index (κ1) is 13.7. The number of hydrogen-bond donors (Lipinski definition) is 1. The van der Waals surface area contributed by atoms with E-state index in [1.165, 1.54) is 9.58 Å². The van der Waals surface area contributed by atoms with Crippen molar-refractivity contribution in [3.8, 4) is 0 Å². The maximum Gasteiger partial charge on any atom is 0.250 e. The number of carbonyl (C=O) groups excluding carboxylic acids is 2. The molecule has 0 aromatic carbocycles. The van der Waals surface area contributed by atoms with Crippen molar-refractivity contribution < 1.29 is 9.59 Å². The fourth-order valence-corrected chi connectivity index (χ4v) is 2.03. The molecule has 2 amide bonds. The lowest BCUT2D eigenvalue weighted by atomic mass is 10.4. The van der Waals surface area contributed by atoms with Gasteiger partial charge in [0.05, 0.1) is 11.9 Å². The molecule has 104 valence electrons. The molecule has 1 aromatic rings. The number of amides is 2. The topological polar surface area (TPSA) is 80.1 Å². The fourth-order valence-electron chi connectivity index (χ4n) is 2.03. The van der Waals surface area contributed by atoms with Gasteiger partial charge in [0, 0.05) is 19.5 Å². The Balaban J connectivity index is 1.85. The van der Waals surface area contributed by atoms with Gasteiger partial charge in [0.1, 0.15) is 6.54 Å². The SMILES string of the molecule is CCCNCc1cn(CC(=O)N2CCCC2=O)nn1. The molecule has 1 aromatic heterocycles. The summed E-state index contributed by atoms with van der Waals surface area (Å²) in [6.45, 7) is 4.26. The van der Waals surface area contributed by atoms with Gasteiger partial charge < -0.3 is 5.32 Å². The van der Waals surface area contributed by atoms with E-state index >= 15 is 0 Å². The van der Waals surface area contributed by atoms with E-state index in [9.17, 15) is 9.59 Å². The Kier molecular flexibility index (Phi) is 4.62. The molecule has 2 rings (SSSR count). The number of nitrogens with zero attached hydrogens (tertiary/aromatic N) is 4. The van der Waals surface area contributed by atoms with Crippen molar-refractivity contribution in [2.24, 2.45) is 0 Å². The normalized spacial score (nSPS) is 15.2. The monoisotopic (exact) mass is 265 g/mol. The second-order valence-corrected chi connectivity index (χ2v) is 4.63. The predicted octanol–water partition coefficient (Wildman–Crippen LogP) is -0.0733. The molecule has 2 heterocycles. The van der Waals surface area contributed by atoms with Crippen molar-refractivity contribution >= 4 is 11.8 Å². The summed E-state index contributed by atoms with van der Waals surface area (Å²) in [6, 6.07) is 0. The first-order valence-corrected chi connectivity index (χ1v) is 6.63. The lowest BCUT2D eigenvalue weighted by Gasteiger charge is -2.12. The average Bonchev–Trinajstić information content (AvgIpc) is 2.99. The minimum absolute atomic E-state index is 0.0759. The zero-order chi connectivity index (χ0) is 13.7. The molecule has 0 unspecified atom stereocenters. The molecule has 1 aliphatic rings. The van der Waals surface area contributed by atoms with E-state index < -0.39 is 0 Å². The van der Waals surface area contributed by atoms with Crippen LogP contribution in [0.3, 0.4) is 0 Å². The van der Waals surface area contributed by atoms with Gasteiger partial charge in [-0.25, -0.2) is 4.68 Å². The highest BCUT2D eigenvalue weighted by molar-refractivity contribution is 5.96. The van der Waals surface area contributed by atoms with Crippen LogP contribution in [0, 0.1) is 0 Å². The van der Waals surface area contributed by atoms with Crippen LogP contribution in [0.5, 0.6) is 0 Å². The zero-order valence-corrected chi connectivity index (χ0v) is 11.1. The summed E-state index contributed by atoms with van der Waals surface area (Å²) in [6.07, 6.45) is 4.02. The summed E-state index contributed by atoms with van der Waals surface area (Å²) >= 11 is 0. The van der Waals surface area contributed by atoms with Crippen LogP contribution in [0.25, 0.3) is 0 Å². The summed E-state index contributed by atoms with van der Waals surface area (Å²) in [4.78, 5) is 24.6. The van der Waals surface area contributed by atoms with Crippen molar-refractivity contribution in [2.45, 2.75) is 39.3 Å². The number of imide groups is 1. The lowest BCUT2D eigenvalue weighted by Crippen LogP contribution is -2.34. The number of hydrogen-bond acceptors (Lipinski definition) is 5. The van der Waals surface area contributed by atoms with Crippen molar-refractivity contribution in [1.29, 1.82) is 0 Å². The summed E-state index contributed by atoms with van der Waals surface area (Å²) in [5, 5.41) is 11.1. The number of likely N-dealkylation sites (tertiary alicyclic amines) is 1. The van der Waals surface area contributed by atoms with Gasteiger partial charge in [-0.2, -0.15) is 0 Å². The van der Waals surface area contributed by atoms with Crippen LogP contribution < -0.4 is 5.32 Å². The molecular weight excluding hydrogens is 246 g/mol. The van der Waals surface area contributed by atoms with Crippen molar-refractivity contribution in [2.75, 3.05) is 13.1 Å². The van der Waals surface area contributed by atoms with Crippen LogP contribution in [0.4, 0.5) is 0 Å². The third-order valence-electron chi connectivity index (χ3n) is 2.99. The van der Waals surface area contributed by atoms with Crippen LogP contribution in [-0.2, 0) is 22.7 Å². The maximum atomic E-state index is 11.9. The average molecular weight is 265 g/mol. The van der Waals surface area contributed by atoms with E-state index in [-0.39, 0.29) is 18.4 Å². The number of aromatic nitrogens is 3. The number of nitrogens with one attached hydrogen (secondary N) is 1. The Bertz CT molecular complexity index is 457. The van der Waals surface area contributed by atoms with Gasteiger partial charge in [0.2, 0.25) is 5.91 Å². The highest BCUT2D eigenvalue weighted by Gasteiger charge is 2.26. The van der Waals surface area contributed by atoms with Crippen LogP contribution in [0.2, 0.25) is 0 Å². The van der Waals surface area contributed by atoms with Crippen LogP contribution in [0.15, 0.2) is 6.20 Å². The Morgan fingerprint density at radius 3 is 3.05 bits per heavy atom. The second-order valence-electron chi connectivity index (χ2n) is 4.63. The lowest BCUT2D eigenvalue weighted by molar-refractivity contribution is -0.142. The molecule has 0 spiro atoms. The zero-order valence-electron chi connectivity index (χ0n) is 11.1. The molecule has 1 N–H and O–H groups in total. The second kappa shape index (κ2) is 6.42. The summed E-state index contributed by atoms with van der Waals surface area (Å²) in [7, 11) is 0. The van der Waals surface area contributed by atoms with Gasteiger partial charge in [-0.3, -0.25) is 14.5 Å². The largest absolute Gasteiger partial charge is 0.311 e. The Labute approximate surface area is 112 Å². The molecule has 0 radical (unpaired) electrons. The minimum Gasteiger partial charge on any atom is -0.311 e. The van der Waals surface area contributed by atoms with Crippen LogP contribution >= 0.6 is 0 Å². The molecule has 1 saturated heterocycles. The van der Waals surface area contributed by atoms with Crippen molar-refractivity contribution in [1.82, 2.24) is 25.2 Å². The Morgan fingerprint density at radius 1 is 1.53 bits per heavy atom. The fraction of sp³-hybridized carbons (Fsp3) is 0.667. The summed E-state index contributed by atoms with van der Waals surface area (Å²) < 4.78 is 1.48. The molecule has 7 nitrogen and oxygen atoms in total. The van der Waals surface area contributed by atoms with E-state index in [2.05, 4.69) is 22.6 Å². The smallest absolute Gasteiger partial charge is 0.250 e.